The van der Waals surface area contributed by atoms with Gasteiger partial charge in [0.05, 0.1) is 6.20 Å². The van der Waals surface area contributed by atoms with Crippen LogP contribution in [0.5, 0.6) is 5.75 Å². The summed E-state index contributed by atoms with van der Waals surface area (Å²) in [6, 6.07) is 3.87. The summed E-state index contributed by atoms with van der Waals surface area (Å²) in [6.45, 7) is 3.41. The van der Waals surface area contributed by atoms with Gasteiger partial charge in [0.25, 0.3) is 5.91 Å². The monoisotopic (exact) mass is 311 g/mol. The molecule has 0 bridgehead atoms. The Morgan fingerprint density at radius 3 is 2.95 bits per heavy atom. The summed E-state index contributed by atoms with van der Waals surface area (Å²) in [5.41, 5.74) is 6.10. The van der Waals surface area contributed by atoms with Crippen LogP contribution in [0, 0.1) is 11.8 Å². The largest absolute Gasteiger partial charge is 0.479 e. The molecule has 5 nitrogen and oxygen atoms in total. The molecule has 3 rings (SSSR count). The molecule has 0 radical (unpaired) electrons. The molecule has 6 heteroatoms. The van der Waals surface area contributed by atoms with Crippen LogP contribution in [0.3, 0.4) is 0 Å². The number of rotatable bonds is 3. The highest BCUT2D eigenvalue weighted by Gasteiger charge is 2.43. The molecule has 21 heavy (non-hydrogen) atoms. The topological polar surface area (TPSA) is 68.5 Å². The molecule has 1 aromatic rings. The fraction of sp³-hybridized carbons (Fsp3) is 0.600. The van der Waals surface area contributed by atoms with E-state index >= 15 is 0 Å². The van der Waals surface area contributed by atoms with Gasteiger partial charge in [-0.05, 0) is 43.7 Å². The molecule has 2 heterocycles. The molecular weight excluding hydrogens is 290 g/mol. The summed E-state index contributed by atoms with van der Waals surface area (Å²) < 4.78 is 5.65. The van der Waals surface area contributed by atoms with Gasteiger partial charge in [0.1, 0.15) is 5.75 Å². The zero-order chi connectivity index (χ0) is 14.1. The number of amides is 1. The number of hydrogen-bond acceptors (Lipinski definition) is 4. The molecule has 2 fully saturated rings. The summed E-state index contributed by atoms with van der Waals surface area (Å²) >= 11 is 0. The quantitative estimate of drug-likeness (QED) is 0.918. The number of pyridine rings is 1. The Morgan fingerprint density at radius 1 is 1.48 bits per heavy atom. The Labute approximate surface area is 131 Å². The van der Waals surface area contributed by atoms with Crippen molar-refractivity contribution in [2.45, 2.75) is 31.9 Å². The van der Waals surface area contributed by atoms with Crippen LogP contribution in [0.4, 0.5) is 0 Å². The molecule has 0 spiro atoms. The third kappa shape index (κ3) is 3.30. The third-order valence-corrected chi connectivity index (χ3v) is 4.52. The molecule has 2 N–H and O–H groups in total. The number of carbonyl (C=O) groups excluding carboxylic acids is 1. The number of nitrogens with zero attached hydrogens (tertiary/aromatic N) is 2. The van der Waals surface area contributed by atoms with E-state index in [0.29, 0.717) is 17.6 Å². The van der Waals surface area contributed by atoms with Gasteiger partial charge in [-0.15, -0.1) is 12.4 Å². The predicted octanol–water partition coefficient (Wildman–Crippen LogP) is 1.47. The van der Waals surface area contributed by atoms with Gasteiger partial charge >= 0.3 is 0 Å². The van der Waals surface area contributed by atoms with Gasteiger partial charge in [0.2, 0.25) is 0 Å². The third-order valence-electron chi connectivity index (χ3n) is 4.52. The fourth-order valence-corrected chi connectivity index (χ4v) is 3.42. The van der Waals surface area contributed by atoms with E-state index in [-0.39, 0.29) is 24.4 Å². The van der Waals surface area contributed by atoms with Gasteiger partial charge in [-0.1, -0.05) is 0 Å². The van der Waals surface area contributed by atoms with Crippen molar-refractivity contribution in [3.8, 4) is 5.75 Å². The average molecular weight is 312 g/mol. The van der Waals surface area contributed by atoms with E-state index in [4.69, 9.17) is 10.5 Å². The number of likely N-dealkylation sites (tertiary alicyclic amines) is 1. The van der Waals surface area contributed by atoms with Gasteiger partial charge in [0, 0.05) is 25.3 Å². The molecule has 0 aromatic carbocycles. The van der Waals surface area contributed by atoms with Gasteiger partial charge in [-0.2, -0.15) is 0 Å². The van der Waals surface area contributed by atoms with E-state index in [2.05, 4.69) is 4.98 Å². The number of ether oxygens (including phenoxy) is 1. The van der Waals surface area contributed by atoms with Crippen LogP contribution < -0.4 is 10.5 Å². The van der Waals surface area contributed by atoms with E-state index in [1.807, 2.05) is 11.0 Å². The highest BCUT2D eigenvalue weighted by Crippen LogP contribution is 2.37. The SMILES string of the molecule is CC(Oc1cccnc1)C(=O)N1CC2CCC(N)C2C1.Cl. The fourth-order valence-electron chi connectivity index (χ4n) is 3.42. The molecule has 1 amide bonds. The number of nitrogens with two attached hydrogens (primary N) is 1. The molecule has 1 saturated carbocycles. The van der Waals surface area contributed by atoms with Crippen molar-refractivity contribution in [3.63, 3.8) is 0 Å². The first-order valence-electron chi connectivity index (χ1n) is 7.26. The maximum Gasteiger partial charge on any atom is 0.263 e. The molecular formula is C15H22ClN3O2. The van der Waals surface area contributed by atoms with Crippen LogP contribution in [-0.2, 0) is 4.79 Å². The van der Waals surface area contributed by atoms with E-state index in [0.717, 1.165) is 25.9 Å². The van der Waals surface area contributed by atoms with Crippen molar-refractivity contribution in [2.75, 3.05) is 13.1 Å². The number of carbonyl (C=O) groups is 1. The zero-order valence-corrected chi connectivity index (χ0v) is 13.0. The Hall–Kier alpha value is -1.33. The van der Waals surface area contributed by atoms with Crippen molar-refractivity contribution in [3.05, 3.63) is 24.5 Å². The lowest BCUT2D eigenvalue weighted by Gasteiger charge is -2.23. The first-order chi connectivity index (χ1) is 9.65. The summed E-state index contributed by atoms with van der Waals surface area (Å²) in [5, 5.41) is 0. The summed E-state index contributed by atoms with van der Waals surface area (Å²) in [6.07, 6.45) is 5.07. The van der Waals surface area contributed by atoms with Crippen LogP contribution in [0.1, 0.15) is 19.8 Å². The first kappa shape index (κ1) is 16.0. The smallest absolute Gasteiger partial charge is 0.263 e. The van der Waals surface area contributed by atoms with E-state index in [1.165, 1.54) is 0 Å². The van der Waals surface area contributed by atoms with Gasteiger partial charge in [-0.3, -0.25) is 9.78 Å². The second-order valence-corrected chi connectivity index (χ2v) is 5.86. The molecule has 116 valence electrons. The second-order valence-electron chi connectivity index (χ2n) is 5.86. The maximum atomic E-state index is 12.4. The van der Waals surface area contributed by atoms with Crippen LogP contribution >= 0.6 is 12.4 Å². The lowest BCUT2D eigenvalue weighted by Crippen LogP contribution is -2.40. The van der Waals surface area contributed by atoms with Crippen molar-refractivity contribution >= 4 is 18.3 Å². The van der Waals surface area contributed by atoms with E-state index in [9.17, 15) is 4.79 Å². The van der Waals surface area contributed by atoms with Crippen molar-refractivity contribution in [2.24, 2.45) is 17.6 Å². The van der Waals surface area contributed by atoms with Crippen molar-refractivity contribution in [1.82, 2.24) is 9.88 Å². The molecule has 2 aliphatic rings. The van der Waals surface area contributed by atoms with E-state index in [1.54, 1.807) is 25.4 Å². The number of aromatic nitrogens is 1. The predicted molar refractivity (Wildman–Crippen MR) is 82.3 cm³/mol. The van der Waals surface area contributed by atoms with Crippen LogP contribution in [0.15, 0.2) is 24.5 Å². The summed E-state index contributed by atoms with van der Waals surface area (Å²) in [5.74, 6) is 1.74. The van der Waals surface area contributed by atoms with Crippen LogP contribution in [0.25, 0.3) is 0 Å². The molecule has 4 atom stereocenters. The van der Waals surface area contributed by atoms with Gasteiger partial charge in [-0.25, -0.2) is 0 Å². The van der Waals surface area contributed by atoms with Crippen LogP contribution in [0.2, 0.25) is 0 Å². The van der Waals surface area contributed by atoms with Gasteiger partial charge in [0.15, 0.2) is 6.10 Å². The Bertz CT molecular complexity index is 485. The molecule has 1 aromatic heterocycles. The zero-order valence-electron chi connectivity index (χ0n) is 12.1. The molecule has 1 aliphatic carbocycles. The second kappa shape index (κ2) is 6.62. The minimum Gasteiger partial charge on any atom is -0.479 e. The Balaban J connectivity index is 0.00000161. The summed E-state index contributed by atoms with van der Waals surface area (Å²) in [7, 11) is 0. The maximum absolute atomic E-state index is 12.4. The first-order valence-corrected chi connectivity index (χ1v) is 7.26. The highest BCUT2D eigenvalue weighted by molar-refractivity contribution is 5.85. The number of fused-ring (bicyclic) bond motifs is 1. The number of halogens is 1. The van der Waals surface area contributed by atoms with Gasteiger partial charge < -0.3 is 15.4 Å². The lowest BCUT2D eigenvalue weighted by atomic mass is 9.98. The average Bonchev–Trinajstić information content (AvgIpc) is 3.02. The van der Waals surface area contributed by atoms with Crippen molar-refractivity contribution < 1.29 is 9.53 Å². The molecule has 1 aliphatic heterocycles. The minimum absolute atomic E-state index is 0. The Morgan fingerprint density at radius 2 is 2.29 bits per heavy atom. The number of hydrogen-bond donors (Lipinski definition) is 1. The summed E-state index contributed by atoms with van der Waals surface area (Å²) in [4.78, 5) is 18.3. The normalized spacial score (nSPS) is 28.7. The molecule has 1 saturated heterocycles. The lowest BCUT2D eigenvalue weighted by molar-refractivity contribution is -0.137. The van der Waals surface area contributed by atoms with Crippen molar-refractivity contribution in [1.29, 1.82) is 0 Å². The molecule has 4 unspecified atom stereocenters. The minimum atomic E-state index is -0.478. The van der Waals surface area contributed by atoms with Crippen LogP contribution in [-0.4, -0.2) is 41.0 Å². The highest BCUT2D eigenvalue weighted by atomic mass is 35.5. The van der Waals surface area contributed by atoms with E-state index < -0.39 is 6.10 Å². The standard InChI is InChI=1S/C15H21N3O2.ClH/c1-10(20-12-3-2-6-17-7-12)15(19)18-8-11-4-5-14(16)13(11)9-18;/h2-3,6-7,10-11,13-14H,4-5,8-9,16H2,1H3;1H. The Kier molecular flexibility index (Phi) is 5.06.